The third kappa shape index (κ3) is 2.94. The number of rotatable bonds is 4. The second-order valence-electron chi connectivity index (χ2n) is 6.91. The average molecular weight is 317 g/mol. The SMILES string of the molecule is O=Cc1ccccc1C1=CC2CCCC(C1)N2Cc1ccccc1. The highest BCUT2D eigenvalue weighted by Gasteiger charge is 2.34. The normalized spacial score (nSPS) is 23.6. The zero-order chi connectivity index (χ0) is 16.4. The van der Waals surface area contributed by atoms with Crippen molar-refractivity contribution in [2.45, 2.75) is 44.3 Å². The zero-order valence-electron chi connectivity index (χ0n) is 13.9. The molecule has 2 heteroatoms. The van der Waals surface area contributed by atoms with E-state index < -0.39 is 0 Å². The molecular weight excluding hydrogens is 294 g/mol. The van der Waals surface area contributed by atoms with Crippen LogP contribution in [-0.2, 0) is 6.54 Å². The van der Waals surface area contributed by atoms with Crippen LogP contribution < -0.4 is 0 Å². The van der Waals surface area contributed by atoms with E-state index in [2.05, 4.69) is 47.4 Å². The number of carbonyl (C=O) groups is 1. The number of fused-ring (bicyclic) bond motifs is 2. The molecule has 122 valence electrons. The van der Waals surface area contributed by atoms with Crippen LogP contribution in [-0.4, -0.2) is 23.3 Å². The maximum atomic E-state index is 11.4. The summed E-state index contributed by atoms with van der Waals surface area (Å²) in [4.78, 5) is 14.0. The Morgan fingerprint density at radius 1 is 1.00 bits per heavy atom. The van der Waals surface area contributed by atoms with Gasteiger partial charge in [0.25, 0.3) is 0 Å². The molecule has 2 bridgehead atoms. The van der Waals surface area contributed by atoms with Gasteiger partial charge in [0.05, 0.1) is 0 Å². The van der Waals surface area contributed by atoms with Gasteiger partial charge in [-0.15, -0.1) is 0 Å². The van der Waals surface area contributed by atoms with Crippen molar-refractivity contribution in [3.05, 3.63) is 77.4 Å². The molecule has 24 heavy (non-hydrogen) atoms. The molecule has 2 aliphatic heterocycles. The first-order chi connectivity index (χ1) is 11.8. The van der Waals surface area contributed by atoms with Gasteiger partial charge in [0, 0.05) is 24.2 Å². The van der Waals surface area contributed by atoms with E-state index in [0.717, 1.165) is 30.4 Å². The molecule has 2 aromatic carbocycles. The minimum Gasteiger partial charge on any atom is -0.298 e. The number of benzene rings is 2. The number of carbonyl (C=O) groups excluding carboxylic acids is 1. The molecule has 2 aromatic rings. The van der Waals surface area contributed by atoms with Crippen molar-refractivity contribution >= 4 is 11.9 Å². The number of nitrogens with zero attached hydrogens (tertiary/aromatic N) is 1. The van der Waals surface area contributed by atoms with Crippen molar-refractivity contribution < 1.29 is 4.79 Å². The van der Waals surface area contributed by atoms with Gasteiger partial charge in [-0.3, -0.25) is 9.69 Å². The first-order valence-electron chi connectivity index (χ1n) is 8.90. The Bertz CT molecular complexity index is 750. The molecule has 2 aliphatic rings. The van der Waals surface area contributed by atoms with Gasteiger partial charge < -0.3 is 0 Å². The fourth-order valence-electron chi connectivity index (χ4n) is 4.25. The Morgan fingerprint density at radius 3 is 2.58 bits per heavy atom. The largest absolute Gasteiger partial charge is 0.298 e. The molecule has 2 nitrogen and oxygen atoms in total. The highest BCUT2D eigenvalue weighted by Crippen LogP contribution is 2.38. The fourth-order valence-corrected chi connectivity index (χ4v) is 4.25. The molecule has 0 radical (unpaired) electrons. The van der Waals surface area contributed by atoms with E-state index >= 15 is 0 Å². The van der Waals surface area contributed by atoms with E-state index in [1.807, 2.05) is 18.2 Å². The molecule has 2 heterocycles. The van der Waals surface area contributed by atoms with E-state index in [-0.39, 0.29) is 0 Å². The van der Waals surface area contributed by atoms with Crippen LogP contribution in [0.15, 0.2) is 60.7 Å². The van der Waals surface area contributed by atoms with E-state index in [1.165, 1.54) is 30.4 Å². The number of hydrogen-bond acceptors (Lipinski definition) is 2. The van der Waals surface area contributed by atoms with Crippen molar-refractivity contribution in [2.75, 3.05) is 0 Å². The second-order valence-corrected chi connectivity index (χ2v) is 6.91. The van der Waals surface area contributed by atoms with Gasteiger partial charge in [0.2, 0.25) is 0 Å². The Labute approximate surface area is 143 Å². The quantitative estimate of drug-likeness (QED) is 0.761. The first-order valence-corrected chi connectivity index (χ1v) is 8.90. The lowest BCUT2D eigenvalue weighted by molar-refractivity contribution is 0.0950. The van der Waals surface area contributed by atoms with E-state index in [0.29, 0.717) is 12.1 Å². The van der Waals surface area contributed by atoms with E-state index in [1.54, 1.807) is 0 Å². The molecule has 0 aromatic heterocycles. The molecule has 1 fully saturated rings. The maximum absolute atomic E-state index is 11.4. The van der Waals surface area contributed by atoms with Crippen molar-refractivity contribution in [3.63, 3.8) is 0 Å². The highest BCUT2D eigenvalue weighted by atomic mass is 16.1. The number of hydrogen-bond donors (Lipinski definition) is 0. The lowest BCUT2D eigenvalue weighted by Gasteiger charge is -2.45. The number of aldehydes is 1. The van der Waals surface area contributed by atoms with Crippen LogP contribution in [0.1, 0.15) is 47.2 Å². The Kier molecular flexibility index (Phi) is 4.31. The minimum absolute atomic E-state index is 0.493. The van der Waals surface area contributed by atoms with Crippen LogP contribution in [0.4, 0.5) is 0 Å². The van der Waals surface area contributed by atoms with Crippen LogP contribution in [0.25, 0.3) is 5.57 Å². The summed E-state index contributed by atoms with van der Waals surface area (Å²) in [6.07, 6.45) is 8.23. The molecule has 0 aliphatic carbocycles. The molecule has 2 atom stereocenters. The van der Waals surface area contributed by atoms with Gasteiger partial charge >= 0.3 is 0 Å². The molecule has 0 N–H and O–H groups in total. The summed E-state index contributed by atoms with van der Waals surface area (Å²) in [5.74, 6) is 0. The third-order valence-corrected chi connectivity index (χ3v) is 5.42. The minimum atomic E-state index is 0.493. The average Bonchev–Trinajstić information content (AvgIpc) is 2.62. The standard InChI is InChI=1S/C22H23NO/c24-16-18-9-4-5-12-22(18)19-13-20-10-6-11-21(14-19)23(20)15-17-7-2-1-3-8-17/h1-5,7-9,12-13,16,20-21H,6,10-11,14-15H2. The third-order valence-electron chi connectivity index (χ3n) is 5.42. The molecule has 4 rings (SSSR count). The van der Waals surface area contributed by atoms with Gasteiger partial charge in [-0.05, 0) is 36.0 Å². The van der Waals surface area contributed by atoms with Crippen LogP contribution in [0, 0.1) is 0 Å². The molecule has 0 spiro atoms. The Hall–Kier alpha value is -2.19. The van der Waals surface area contributed by atoms with Crippen molar-refractivity contribution in [1.82, 2.24) is 4.90 Å². The summed E-state index contributed by atoms with van der Waals surface area (Å²) in [5, 5.41) is 0. The van der Waals surface area contributed by atoms with Gasteiger partial charge in [0.1, 0.15) is 0 Å². The second kappa shape index (κ2) is 6.74. The zero-order valence-corrected chi connectivity index (χ0v) is 13.9. The van der Waals surface area contributed by atoms with Crippen molar-refractivity contribution in [3.8, 4) is 0 Å². The summed E-state index contributed by atoms with van der Waals surface area (Å²) < 4.78 is 0. The molecule has 2 unspecified atom stereocenters. The van der Waals surface area contributed by atoms with Gasteiger partial charge in [-0.25, -0.2) is 0 Å². The summed E-state index contributed by atoms with van der Waals surface area (Å²) in [5.41, 5.74) is 4.69. The van der Waals surface area contributed by atoms with E-state index in [4.69, 9.17) is 0 Å². The van der Waals surface area contributed by atoms with Crippen LogP contribution in [0.3, 0.4) is 0 Å². The predicted octanol–water partition coefficient (Wildman–Crippen LogP) is 4.71. The summed E-state index contributed by atoms with van der Waals surface area (Å²) in [7, 11) is 0. The van der Waals surface area contributed by atoms with Crippen LogP contribution >= 0.6 is 0 Å². The van der Waals surface area contributed by atoms with Crippen LogP contribution in [0.2, 0.25) is 0 Å². The van der Waals surface area contributed by atoms with Gasteiger partial charge in [0.15, 0.2) is 6.29 Å². The van der Waals surface area contributed by atoms with Gasteiger partial charge in [-0.1, -0.05) is 67.1 Å². The Morgan fingerprint density at radius 2 is 1.79 bits per heavy atom. The lowest BCUT2D eigenvalue weighted by atomic mass is 9.81. The Balaban J connectivity index is 1.63. The summed E-state index contributed by atoms with van der Waals surface area (Å²) >= 11 is 0. The molecular formula is C22H23NO. The van der Waals surface area contributed by atoms with Crippen molar-refractivity contribution in [2.24, 2.45) is 0 Å². The topological polar surface area (TPSA) is 20.3 Å². The summed E-state index contributed by atoms with van der Waals surface area (Å²) in [6, 6.07) is 19.8. The number of piperidine rings is 1. The smallest absolute Gasteiger partial charge is 0.150 e. The monoisotopic (exact) mass is 317 g/mol. The van der Waals surface area contributed by atoms with Crippen molar-refractivity contribution in [1.29, 1.82) is 0 Å². The predicted molar refractivity (Wildman–Crippen MR) is 97.8 cm³/mol. The van der Waals surface area contributed by atoms with E-state index in [9.17, 15) is 4.79 Å². The lowest BCUT2D eigenvalue weighted by Crippen LogP contribution is -2.47. The maximum Gasteiger partial charge on any atom is 0.150 e. The first kappa shape index (κ1) is 15.3. The molecule has 0 amide bonds. The summed E-state index contributed by atoms with van der Waals surface area (Å²) in [6.45, 7) is 1.02. The van der Waals surface area contributed by atoms with Gasteiger partial charge in [-0.2, -0.15) is 0 Å². The van der Waals surface area contributed by atoms with Crippen LogP contribution in [0.5, 0.6) is 0 Å². The molecule has 1 saturated heterocycles. The molecule has 0 saturated carbocycles. The fraction of sp³-hybridized carbons (Fsp3) is 0.318. The highest BCUT2D eigenvalue weighted by molar-refractivity contribution is 5.86.